The zero-order valence-corrected chi connectivity index (χ0v) is 15.5. The summed E-state index contributed by atoms with van der Waals surface area (Å²) < 4.78 is 0. The minimum Gasteiger partial charge on any atom is -0.338 e. The van der Waals surface area contributed by atoms with Crippen LogP contribution >= 0.6 is 11.3 Å². The zero-order chi connectivity index (χ0) is 17.0. The summed E-state index contributed by atoms with van der Waals surface area (Å²) in [5, 5.41) is 2.98. The maximum atomic E-state index is 12.5. The van der Waals surface area contributed by atoms with E-state index in [1.54, 1.807) is 11.3 Å². The summed E-state index contributed by atoms with van der Waals surface area (Å²) in [5.41, 5.74) is 3.31. The Balaban J connectivity index is 2.11. The number of amides is 1. The van der Waals surface area contributed by atoms with Gasteiger partial charge in [-0.1, -0.05) is 31.2 Å². The van der Waals surface area contributed by atoms with Crippen LogP contribution in [0.25, 0.3) is 10.6 Å². The highest BCUT2D eigenvalue weighted by Crippen LogP contribution is 2.24. The summed E-state index contributed by atoms with van der Waals surface area (Å²) >= 11 is 1.60. The largest absolute Gasteiger partial charge is 0.338 e. The van der Waals surface area contributed by atoms with Gasteiger partial charge in [-0.05, 0) is 39.7 Å². The van der Waals surface area contributed by atoms with E-state index in [0.717, 1.165) is 22.7 Å². The molecule has 1 amide bonds. The van der Waals surface area contributed by atoms with Gasteiger partial charge in [-0.15, -0.1) is 11.3 Å². The lowest BCUT2D eigenvalue weighted by atomic mass is 10.1. The van der Waals surface area contributed by atoms with E-state index in [2.05, 4.69) is 63.9 Å². The van der Waals surface area contributed by atoms with Crippen molar-refractivity contribution < 1.29 is 4.79 Å². The maximum Gasteiger partial charge on any atom is 0.229 e. The number of hydrogen-bond acceptors (Lipinski definition) is 3. The average Bonchev–Trinajstić information content (AvgIpc) is 2.95. The van der Waals surface area contributed by atoms with E-state index in [1.807, 2.05) is 10.3 Å². The molecular weight excluding hydrogens is 304 g/mol. The van der Waals surface area contributed by atoms with Crippen LogP contribution in [0.3, 0.4) is 0 Å². The highest BCUT2D eigenvalue weighted by atomic mass is 32.1. The van der Waals surface area contributed by atoms with Crippen LogP contribution < -0.4 is 0 Å². The first kappa shape index (κ1) is 17.7. The Hall–Kier alpha value is -1.68. The molecule has 0 radical (unpaired) electrons. The van der Waals surface area contributed by atoms with E-state index >= 15 is 0 Å². The number of hydrogen-bond donors (Lipinski definition) is 0. The molecule has 1 aromatic heterocycles. The third-order valence-corrected chi connectivity index (χ3v) is 4.83. The van der Waals surface area contributed by atoms with Crippen molar-refractivity contribution in [1.82, 2.24) is 9.88 Å². The van der Waals surface area contributed by atoms with Crippen LogP contribution in [0.1, 0.15) is 45.9 Å². The molecule has 3 nitrogen and oxygen atoms in total. The molecule has 4 heteroatoms. The summed E-state index contributed by atoms with van der Waals surface area (Å²) in [6.07, 6.45) is 1.41. The summed E-state index contributed by atoms with van der Waals surface area (Å²) in [7, 11) is 0. The first-order valence-corrected chi connectivity index (χ1v) is 9.15. The fraction of sp³-hybridized carbons (Fsp3) is 0.474. The molecule has 0 spiro atoms. The molecule has 0 unspecified atom stereocenters. The highest BCUT2D eigenvalue weighted by Gasteiger charge is 2.21. The second-order valence-electron chi connectivity index (χ2n) is 6.36. The lowest BCUT2D eigenvalue weighted by molar-refractivity contribution is -0.134. The van der Waals surface area contributed by atoms with E-state index in [9.17, 15) is 4.79 Å². The smallest absolute Gasteiger partial charge is 0.229 e. The standard InChI is InChI=1S/C19H26N2OS/c1-6-15-7-9-16(10-8-15)19-20-17(12-23-19)11-18(22)21(13(2)3)14(4)5/h7-10,12-14H,6,11H2,1-5H3. The Morgan fingerprint density at radius 3 is 2.26 bits per heavy atom. The highest BCUT2D eigenvalue weighted by molar-refractivity contribution is 7.13. The molecule has 0 fully saturated rings. The van der Waals surface area contributed by atoms with Crippen molar-refractivity contribution in [2.24, 2.45) is 0 Å². The second-order valence-corrected chi connectivity index (χ2v) is 7.22. The van der Waals surface area contributed by atoms with Gasteiger partial charge in [-0.25, -0.2) is 4.98 Å². The molecule has 0 N–H and O–H groups in total. The van der Waals surface area contributed by atoms with Crippen molar-refractivity contribution in [3.63, 3.8) is 0 Å². The number of aryl methyl sites for hydroxylation is 1. The van der Waals surface area contributed by atoms with E-state index < -0.39 is 0 Å². The predicted molar refractivity (Wildman–Crippen MR) is 97.8 cm³/mol. The Morgan fingerprint density at radius 2 is 1.74 bits per heavy atom. The SMILES string of the molecule is CCc1ccc(-c2nc(CC(=O)N(C(C)C)C(C)C)cs2)cc1. The van der Waals surface area contributed by atoms with Crippen LogP contribution in [0, 0.1) is 0 Å². The molecule has 0 saturated heterocycles. The predicted octanol–water partition coefficient (Wildman–Crippen LogP) is 4.56. The third-order valence-electron chi connectivity index (χ3n) is 3.89. The van der Waals surface area contributed by atoms with Crippen LogP contribution in [-0.2, 0) is 17.6 Å². The number of nitrogens with zero attached hydrogens (tertiary/aromatic N) is 2. The average molecular weight is 330 g/mol. The van der Waals surface area contributed by atoms with Crippen molar-refractivity contribution in [2.45, 2.75) is 59.5 Å². The molecule has 0 aliphatic rings. The molecule has 1 aromatic carbocycles. The second kappa shape index (κ2) is 7.73. The molecule has 23 heavy (non-hydrogen) atoms. The van der Waals surface area contributed by atoms with Crippen LogP contribution in [-0.4, -0.2) is 27.9 Å². The van der Waals surface area contributed by atoms with E-state index in [0.29, 0.717) is 6.42 Å². The van der Waals surface area contributed by atoms with E-state index in [4.69, 9.17) is 0 Å². The quantitative estimate of drug-likeness (QED) is 0.778. The van der Waals surface area contributed by atoms with Crippen molar-refractivity contribution in [3.05, 3.63) is 40.9 Å². The number of rotatable bonds is 6. The van der Waals surface area contributed by atoms with Crippen LogP contribution in [0.4, 0.5) is 0 Å². The number of benzene rings is 1. The third kappa shape index (κ3) is 4.41. The fourth-order valence-corrected chi connectivity index (χ4v) is 3.65. The van der Waals surface area contributed by atoms with Gasteiger partial charge in [0, 0.05) is 23.0 Å². The van der Waals surface area contributed by atoms with E-state index in [-0.39, 0.29) is 18.0 Å². The summed E-state index contributed by atoms with van der Waals surface area (Å²) in [6.45, 7) is 10.4. The Bertz CT molecular complexity index is 636. The number of thiazole rings is 1. The molecule has 0 bridgehead atoms. The number of carbonyl (C=O) groups excluding carboxylic acids is 1. The normalized spacial score (nSPS) is 11.3. The van der Waals surface area contributed by atoms with Crippen LogP contribution in [0.5, 0.6) is 0 Å². The molecule has 0 atom stereocenters. The van der Waals surface area contributed by atoms with Crippen molar-refractivity contribution in [3.8, 4) is 10.6 Å². The first-order valence-electron chi connectivity index (χ1n) is 8.27. The van der Waals surface area contributed by atoms with Gasteiger partial charge in [0.1, 0.15) is 5.01 Å². The summed E-state index contributed by atoms with van der Waals surface area (Å²) in [6, 6.07) is 8.92. The first-order chi connectivity index (χ1) is 10.9. The van der Waals surface area contributed by atoms with Gasteiger partial charge in [0.25, 0.3) is 0 Å². The number of carbonyl (C=O) groups is 1. The number of aromatic nitrogens is 1. The molecule has 2 rings (SSSR count). The monoisotopic (exact) mass is 330 g/mol. The molecule has 2 aromatic rings. The van der Waals surface area contributed by atoms with Crippen LogP contribution in [0.15, 0.2) is 29.6 Å². The molecule has 1 heterocycles. The summed E-state index contributed by atoms with van der Waals surface area (Å²) in [4.78, 5) is 19.1. The lowest BCUT2D eigenvalue weighted by Gasteiger charge is -2.30. The fourth-order valence-electron chi connectivity index (χ4n) is 2.82. The molecule has 0 saturated carbocycles. The molecular formula is C19H26N2OS. The minimum absolute atomic E-state index is 0.146. The Kier molecular flexibility index (Phi) is 5.94. The Labute approximate surface area is 143 Å². The lowest BCUT2D eigenvalue weighted by Crippen LogP contribution is -2.42. The molecule has 124 valence electrons. The van der Waals surface area contributed by atoms with Gasteiger partial charge in [-0.2, -0.15) is 0 Å². The van der Waals surface area contributed by atoms with Gasteiger partial charge in [0.2, 0.25) is 5.91 Å². The Morgan fingerprint density at radius 1 is 1.13 bits per heavy atom. The van der Waals surface area contributed by atoms with Crippen molar-refractivity contribution >= 4 is 17.2 Å². The van der Waals surface area contributed by atoms with Crippen molar-refractivity contribution in [1.29, 1.82) is 0 Å². The zero-order valence-electron chi connectivity index (χ0n) is 14.7. The topological polar surface area (TPSA) is 33.2 Å². The molecule has 0 aliphatic carbocycles. The van der Waals surface area contributed by atoms with E-state index in [1.165, 1.54) is 5.56 Å². The van der Waals surface area contributed by atoms with Crippen LogP contribution in [0.2, 0.25) is 0 Å². The van der Waals surface area contributed by atoms with Gasteiger partial charge in [0.15, 0.2) is 0 Å². The van der Waals surface area contributed by atoms with Gasteiger partial charge in [-0.3, -0.25) is 4.79 Å². The van der Waals surface area contributed by atoms with Gasteiger partial charge < -0.3 is 4.90 Å². The van der Waals surface area contributed by atoms with Gasteiger partial charge in [0.05, 0.1) is 12.1 Å². The van der Waals surface area contributed by atoms with Crippen molar-refractivity contribution in [2.75, 3.05) is 0 Å². The summed E-state index contributed by atoms with van der Waals surface area (Å²) in [5.74, 6) is 0.146. The molecule has 0 aliphatic heterocycles. The minimum atomic E-state index is 0.146. The maximum absolute atomic E-state index is 12.5. The van der Waals surface area contributed by atoms with Gasteiger partial charge >= 0.3 is 0 Å².